The molecule has 1 fully saturated rings. The van der Waals surface area contributed by atoms with Crippen molar-refractivity contribution in [1.29, 1.82) is 10.5 Å². The number of carbonyl (C=O) groups excluding carboxylic acids is 1. The number of anilines is 1. The fraction of sp³-hybridized carbons (Fsp3) is 0.345. The normalized spacial score (nSPS) is 14.3. The van der Waals surface area contributed by atoms with Crippen LogP contribution in [-0.4, -0.2) is 42.1 Å². The number of primary amides is 1. The fourth-order valence-electron chi connectivity index (χ4n) is 4.74. The predicted octanol–water partition coefficient (Wildman–Crippen LogP) is 3.87. The Labute approximate surface area is 233 Å². The van der Waals surface area contributed by atoms with Crippen molar-refractivity contribution in [2.75, 3.05) is 25.1 Å². The second-order valence-corrected chi connectivity index (χ2v) is 10.3. The minimum atomic E-state index is -0.712. The first kappa shape index (κ1) is 27.9. The van der Waals surface area contributed by atoms with Crippen LogP contribution in [0.1, 0.15) is 53.0 Å². The van der Waals surface area contributed by atoms with Crippen LogP contribution in [0, 0.1) is 22.7 Å². The molecule has 2 aromatic heterocycles. The SMILES string of the molecule is CCc1c(C#N)c(SC(C(N)=O)c2ccccc2)nc(N2CCC(NCc3cccc(OC)n3)CC2)c1C#N. The van der Waals surface area contributed by atoms with E-state index in [9.17, 15) is 15.3 Å². The Morgan fingerprint density at radius 3 is 2.46 bits per heavy atom. The molecule has 1 atom stereocenters. The van der Waals surface area contributed by atoms with Gasteiger partial charge in [-0.3, -0.25) is 4.79 Å². The highest BCUT2D eigenvalue weighted by atomic mass is 32.2. The van der Waals surface area contributed by atoms with Crippen LogP contribution in [0.4, 0.5) is 5.82 Å². The number of amides is 1. The number of nitriles is 2. The lowest BCUT2D eigenvalue weighted by Crippen LogP contribution is -2.43. The summed E-state index contributed by atoms with van der Waals surface area (Å²) in [6, 6.07) is 19.7. The summed E-state index contributed by atoms with van der Waals surface area (Å²) in [6.07, 6.45) is 2.20. The second-order valence-electron chi connectivity index (χ2n) is 9.17. The van der Waals surface area contributed by atoms with Gasteiger partial charge in [0.25, 0.3) is 0 Å². The maximum absolute atomic E-state index is 12.4. The number of piperidine rings is 1. The minimum absolute atomic E-state index is 0.287. The highest BCUT2D eigenvalue weighted by Gasteiger charge is 2.29. The molecular weight excluding hydrogens is 510 g/mol. The summed E-state index contributed by atoms with van der Waals surface area (Å²) < 4.78 is 5.21. The number of carbonyl (C=O) groups is 1. The van der Waals surface area contributed by atoms with Crippen molar-refractivity contribution in [2.24, 2.45) is 5.73 Å². The summed E-state index contributed by atoms with van der Waals surface area (Å²) in [6.45, 7) is 3.94. The number of nitrogens with one attached hydrogen (secondary N) is 1. The number of methoxy groups -OCH3 is 1. The number of hydrogen-bond donors (Lipinski definition) is 2. The second kappa shape index (κ2) is 13.1. The maximum atomic E-state index is 12.4. The van der Waals surface area contributed by atoms with E-state index in [0.29, 0.717) is 59.5 Å². The summed E-state index contributed by atoms with van der Waals surface area (Å²) in [5, 5.41) is 23.4. The van der Waals surface area contributed by atoms with E-state index in [1.54, 1.807) is 7.11 Å². The van der Waals surface area contributed by atoms with Gasteiger partial charge < -0.3 is 20.7 Å². The number of pyridine rings is 2. The third-order valence-corrected chi connectivity index (χ3v) is 8.03. The van der Waals surface area contributed by atoms with E-state index in [4.69, 9.17) is 15.5 Å². The van der Waals surface area contributed by atoms with Crippen LogP contribution in [0.3, 0.4) is 0 Å². The number of thioether (sulfide) groups is 1. The van der Waals surface area contributed by atoms with Crippen LogP contribution < -0.4 is 20.7 Å². The van der Waals surface area contributed by atoms with Gasteiger partial charge in [-0.05, 0) is 36.5 Å². The third kappa shape index (κ3) is 6.48. The lowest BCUT2D eigenvalue weighted by molar-refractivity contribution is -0.117. The Balaban J connectivity index is 1.56. The number of nitrogens with zero attached hydrogens (tertiary/aromatic N) is 5. The van der Waals surface area contributed by atoms with E-state index in [-0.39, 0.29) is 6.04 Å². The van der Waals surface area contributed by atoms with E-state index in [0.717, 1.165) is 35.9 Å². The number of nitrogens with two attached hydrogens (primary N) is 1. The van der Waals surface area contributed by atoms with Crippen molar-refractivity contribution in [3.63, 3.8) is 0 Å². The van der Waals surface area contributed by atoms with Crippen molar-refractivity contribution in [2.45, 2.75) is 49.0 Å². The summed E-state index contributed by atoms with van der Waals surface area (Å²) in [5.74, 6) is 0.629. The number of hydrogen-bond acceptors (Lipinski definition) is 9. The molecule has 0 aliphatic carbocycles. The van der Waals surface area contributed by atoms with Crippen LogP contribution in [-0.2, 0) is 17.8 Å². The monoisotopic (exact) mass is 541 g/mol. The molecule has 3 N–H and O–H groups in total. The van der Waals surface area contributed by atoms with Gasteiger partial charge in [-0.1, -0.05) is 55.1 Å². The van der Waals surface area contributed by atoms with Gasteiger partial charge in [-0.25, -0.2) is 9.97 Å². The zero-order valence-electron chi connectivity index (χ0n) is 22.1. The Kier molecular flexibility index (Phi) is 9.37. The molecule has 9 nitrogen and oxygen atoms in total. The van der Waals surface area contributed by atoms with Gasteiger partial charge in [0.15, 0.2) is 0 Å². The molecule has 3 aromatic rings. The lowest BCUT2D eigenvalue weighted by atomic mass is 10.00. The summed E-state index contributed by atoms with van der Waals surface area (Å²) in [5.41, 5.74) is 8.81. The maximum Gasteiger partial charge on any atom is 0.235 e. The number of ether oxygens (including phenoxy) is 1. The molecule has 1 unspecified atom stereocenters. The van der Waals surface area contributed by atoms with Crippen LogP contribution in [0.5, 0.6) is 5.88 Å². The third-order valence-electron chi connectivity index (χ3n) is 6.77. The first-order valence-electron chi connectivity index (χ1n) is 12.8. The van der Waals surface area contributed by atoms with Gasteiger partial charge in [0.05, 0.1) is 23.9 Å². The minimum Gasteiger partial charge on any atom is -0.481 e. The molecule has 10 heteroatoms. The molecular formula is C29H31N7O2S. The van der Waals surface area contributed by atoms with E-state index in [2.05, 4.69) is 27.3 Å². The van der Waals surface area contributed by atoms with E-state index in [1.807, 2.05) is 55.5 Å². The smallest absolute Gasteiger partial charge is 0.235 e. The largest absolute Gasteiger partial charge is 0.481 e. The van der Waals surface area contributed by atoms with Gasteiger partial charge in [-0.15, -0.1) is 0 Å². The number of rotatable bonds is 10. The molecule has 200 valence electrons. The highest BCUT2D eigenvalue weighted by molar-refractivity contribution is 8.00. The van der Waals surface area contributed by atoms with Crippen molar-refractivity contribution < 1.29 is 9.53 Å². The summed E-state index contributed by atoms with van der Waals surface area (Å²) >= 11 is 1.16. The van der Waals surface area contributed by atoms with E-state index >= 15 is 0 Å². The molecule has 0 radical (unpaired) electrons. The van der Waals surface area contributed by atoms with Gasteiger partial charge in [-0.2, -0.15) is 10.5 Å². The molecule has 1 aliphatic rings. The van der Waals surface area contributed by atoms with Crippen LogP contribution in [0.15, 0.2) is 53.6 Å². The molecule has 0 spiro atoms. The topological polar surface area (TPSA) is 141 Å². The molecule has 1 aliphatic heterocycles. The van der Waals surface area contributed by atoms with E-state index < -0.39 is 11.2 Å². The molecule has 1 aromatic carbocycles. The zero-order chi connectivity index (χ0) is 27.8. The average Bonchev–Trinajstić information content (AvgIpc) is 2.98. The van der Waals surface area contributed by atoms with Gasteiger partial charge in [0.1, 0.15) is 28.2 Å². The first-order chi connectivity index (χ1) is 19.0. The predicted molar refractivity (Wildman–Crippen MR) is 150 cm³/mol. The Hall–Kier alpha value is -4.12. The average molecular weight is 542 g/mol. The molecule has 39 heavy (non-hydrogen) atoms. The van der Waals surface area contributed by atoms with Gasteiger partial charge in [0, 0.05) is 31.7 Å². The lowest BCUT2D eigenvalue weighted by Gasteiger charge is -2.34. The molecule has 4 rings (SSSR count). The molecule has 1 saturated heterocycles. The van der Waals surface area contributed by atoms with Crippen molar-refractivity contribution in [3.05, 3.63) is 76.5 Å². The Morgan fingerprint density at radius 2 is 1.85 bits per heavy atom. The number of benzene rings is 1. The van der Waals surface area contributed by atoms with Crippen molar-refractivity contribution in [1.82, 2.24) is 15.3 Å². The first-order valence-corrected chi connectivity index (χ1v) is 13.7. The van der Waals surface area contributed by atoms with Crippen molar-refractivity contribution in [3.8, 4) is 18.0 Å². The fourth-order valence-corrected chi connectivity index (χ4v) is 5.80. The van der Waals surface area contributed by atoms with Gasteiger partial charge in [0.2, 0.25) is 11.8 Å². The Bertz CT molecular complexity index is 1390. The van der Waals surface area contributed by atoms with Crippen LogP contribution in [0.2, 0.25) is 0 Å². The van der Waals surface area contributed by atoms with Crippen molar-refractivity contribution >= 4 is 23.5 Å². The van der Waals surface area contributed by atoms with Gasteiger partial charge >= 0.3 is 0 Å². The van der Waals surface area contributed by atoms with E-state index in [1.165, 1.54) is 0 Å². The molecule has 0 saturated carbocycles. The van der Waals surface area contributed by atoms with Crippen LogP contribution >= 0.6 is 11.8 Å². The molecule has 1 amide bonds. The molecule has 3 heterocycles. The quantitative estimate of drug-likeness (QED) is 0.366. The van der Waals surface area contributed by atoms with Crippen LogP contribution in [0.25, 0.3) is 0 Å². The standard InChI is InChI=1S/C29H31N7O2S/c1-3-22-23(16-30)28(35-29(24(22)17-31)39-26(27(32)37)19-8-5-4-6-9-19)36-14-12-20(13-15-36)33-18-21-10-7-11-25(34-21)38-2/h4-11,20,26,33H,3,12-15,18H2,1-2H3,(H2,32,37). The number of aromatic nitrogens is 2. The summed E-state index contributed by atoms with van der Waals surface area (Å²) in [4.78, 5) is 23.8. The Morgan fingerprint density at radius 1 is 1.13 bits per heavy atom. The summed E-state index contributed by atoms with van der Waals surface area (Å²) in [7, 11) is 1.60. The molecule has 0 bridgehead atoms. The highest BCUT2D eigenvalue weighted by Crippen LogP contribution is 2.39. The zero-order valence-corrected chi connectivity index (χ0v) is 22.9.